The zero-order valence-electron chi connectivity index (χ0n) is 12.0. The minimum atomic E-state index is -0.109. The van der Waals surface area contributed by atoms with Crippen LogP contribution < -0.4 is 5.73 Å². The van der Waals surface area contributed by atoms with Gasteiger partial charge in [-0.2, -0.15) is 4.98 Å². The highest BCUT2D eigenvalue weighted by Crippen LogP contribution is 2.23. The first kappa shape index (κ1) is 15.1. The molecule has 0 aliphatic rings. The van der Waals surface area contributed by atoms with Gasteiger partial charge in [-0.3, -0.25) is 0 Å². The van der Waals surface area contributed by atoms with Crippen LogP contribution >= 0.6 is 0 Å². The van der Waals surface area contributed by atoms with Crippen molar-refractivity contribution in [2.75, 3.05) is 6.61 Å². The second-order valence-electron chi connectivity index (χ2n) is 5.28. The summed E-state index contributed by atoms with van der Waals surface area (Å²) in [7, 11) is 0. The molecule has 104 valence electrons. The van der Waals surface area contributed by atoms with Crippen molar-refractivity contribution in [1.29, 1.82) is 0 Å². The molecule has 0 fully saturated rings. The van der Waals surface area contributed by atoms with E-state index < -0.39 is 0 Å². The SMILES string of the molecule is CCOC(c1noc(CC(N)C(C)C)n1)C(C)C. The molecule has 0 aromatic carbocycles. The van der Waals surface area contributed by atoms with Crippen molar-refractivity contribution in [1.82, 2.24) is 10.1 Å². The Bertz CT molecular complexity index is 350. The number of hydrogen-bond acceptors (Lipinski definition) is 5. The number of ether oxygens (including phenoxy) is 1. The molecule has 0 aliphatic heterocycles. The van der Waals surface area contributed by atoms with Gasteiger partial charge in [-0.1, -0.05) is 32.9 Å². The molecule has 1 aromatic heterocycles. The summed E-state index contributed by atoms with van der Waals surface area (Å²) in [4.78, 5) is 4.39. The summed E-state index contributed by atoms with van der Waals surface area (Å²) >= 11 is 0. The van der Waals surface area contributed by atoms with Gasteiger partial charge in [0.2, 0.25) is 11.7 Å². The molecule has 1 aromatic rings. The molecule has 1 rings (SSSR count). The average Bonchev–Trinajstić information content (AvgIpc) is 2.73. The van der Waals surface area contributed by atoms with Gasteiger partial charge in [0.05, 0.1) is 0 Å². The van der Waals surface area contributed by atoms with Gasteiger partial charge < -0.3 is 15.0 Å². The van der Waals surface area contributed by atoms with Gasteiger partial charge in [0.1, 0.15) is 6.10 Å². The van der Waals surface area contributed by atoms with Gasteiger partial charge in [-0.15, -0.1) is 0 Å². The van der Waals surface area contributed by atoms with Crippen LogP contribution in [0.3, 0.4) is 0 Å². The molecular weight excluding hydrogens is 230 g/mol. The highest BCUT2D eigenvalue weighted by Gasteiger charge is 2.23. The molecule has 0 amide bonds. The Hall–Kier alpha value is -0.940. The van der Waals surface area contributed by atoms with Gasteiger partial charge in [0, 0.05) is 19.1 Å². The number of rotatable bonds is 7. The number of aromatic nitrogens is 2. The van der Waals surface area contributed by atoms with Crippen LogP contribution in [0.25, 0.3) is 0 Å². The van der Waals surface area contributed by atoms with E-state index in [2.05, 4.69) is 37.8 Å². The summed E-state index contributed by atoms with van der Waals surface area (Å²) in [5.41, 5.74) is 5.99. The predicted molar refractivity (Wildman–Crippen MR) is 70.0 cm³/mol. The van der Waals surface area contributed by atoms with Gasteiger partial charge in [-0.05, 0) is 18.8 Å². The van der Waals surface area contributed by atoms with E-state index in [9.17, 15) is 0 Å². The lowest BCUT2D eigenvalue weighted by atomic mass is 10.0. The van der Waals surface area contributed by atoms with Gasteiger partial charge in [0.25, 0.3) is 0 Å². The van der Waals surface area contributed by atoms with Crippen LogP contribution in [0, 0.1) is 11.8 Å². The molecule has 0 aliphatic carbocycles. The molecule has 5 heteroatoms. The smallest absolute Gasteiger partial charge is 0.228 e. The van der Waals surface area contributed by atoms with Crippen molar-refractivity contribution < 1.29 is 9.26 Å². The Morgan fingerprint density at radius 3 is 2.39 bits per heavy atom. The standard InChI is InChI=1S/C13H25N3O2/c1-6-17-12(9(4)5)13-15-11(18-16-13)7-10(14)8(2)3/h8-10,12H,6-7,14H2,1-5H3. The summed E-state index contributed by atoms with van der Waals surface area (Å²) in [5, 5.41) is 4.00. The number of hydrogen-bond donors (Lipinski definition) is 1. The fraction of sp³-hybridized carbons (Fsp3) is 0.846. The summed E-state index contributed by atoms with van der Waals surface area (Å²) < 4.78 is 10.9. The molecule has 0 bridgehead atoms. The summed E-state index contributed by atoms with van der Waals surface area (Å²) in [5.74, 6) is 1.93. The van der Waals surface area contributed by atoms with E-state index in [1.54, 1.807) is 0 Å². The maximum atomic E-state index is 5.99. The normalized spacial score (nSPS) is 15.3. The largest absolute Gasteiger partial charge is 0.370 e. The number of nitrogens with zero attached hydrogens (tertiary/aromatic N) is 2. The van der Waals surface area contributed by atoms with Crippen molar-refractivity contribution in [3.8, 4) is 0 Å². The fourth-order valence-electron chi connectivity index (χ4n) is 1.65. The third-order valence-electron chi connectivity index (χ3n) is 2.96. The van der Waals surface area contributed by atoms with Crippen molar-refractivity contribution in [2.24, 2.45) is 17.6 Å². The topological polar surface area (TPSA) is 74.2 Å². The van der Waals surface area contributed by atoms with Crippen LogP contribution in [0.2, 0.25) is 0 Å². The molecule has 0 spiro atoms. The van der Waals surface area contributed by atoms with E-state index in [1.807, 2.05) is 6.92 Å². The summed E-state index contributed by atoms with van der Waals surface area (Å²) in [6.45, 7) is 10.9. The van der Waals surface area contributed by atoms with E-state index in [1.165, 1.54) is 0 Å². The Morgan fingerprint density at radius 1 is 1.22 bits per heavy atom. The van der Waals surface area contributed by atoms with Gasteiger partial charge in [-0.25, -0.2) is 0 Å². The maximum absolute atomic E-state index is 5.99. The lowest BCUT2D eigenvalue weighted by Crippen LogP contribution is -2.28. The monoisotopic (exact) mass is 255 g/mol. The van der Waals surface area contributed by atoms with Crippen LogP contribution in [-0.2, 0) is 11.2 Å². The first-order valence-corrected chi connectivity index (χ1v) is 6.65. The number of nitrogens with two attached hydrogens (primary N) is 1. The van der Waals surface area contributed by atoms with Crippen molar-refractivity contribution in [3.05, 3.63) is 11.7 Å². The van der Waals surface area contributed by atoms with E-state index in [0.29, 0.717) is 36.6 Å². The molecule has 2 N–H and O–H groups in total. The molecule has 2 atom stereocenters. The predicted octanol–water partition coefficient (Wildman–Crippen LogP) is 2.33. The van der Waals surface area contributed by atoms with Crippen LogP contribution in [-0.4, -0.2) is 22.8 Å². The van der Waals surface area contributed by atoms with Gasteiger partial charge >= 0.3 is 0 Å². The first-order chi connectivity index (χ1) is 8.45. The van der Waals surface area contributed by atoms with Crippen molar-refractivity contribution >= 4 is 0 Å². The average molecular weight is 255 g/mol. The fourth-order valence-corrected chi connectivity index (χ4v) is 1.65. The molecular formula is C13H25N3O2. The van der Waals surface area contributed by atoms with E-state index >= 15 is 0 Å². The third kappa shape index (κ3) is 4.07. The van der Waals surface area contributed by atoms with Crippen molar-refractivity contribution in [2.45, 2.75) is 53.2 Å². The van der Waals surface area contributed by atoms with E-state index in [0.717, 1.165) is 0 Å². The maximum Gasteiger partial charge on any atom is 0.228 e. The minimum absolute atomic E-state index is 0.0443. The highest BCUT2D eigenvalue weighted by molar-refractivity contribution is 4.94. The van der Waals surface area contributed by atoms with Crippen LogP contribution in [0.5, 0.6) is 0 Å². The lowest BCUT2D eigenvalue weighted by Gasteiger charge is -2.16. The Balaban J connectivity index is 2.72. The highest BCUT2D eigenvalue weighted by atomic mass is 16.5. The minimum Gasteiger partial charge on any atom is -0.370 e. The van der Waals surface area contributed by atoms with Crippen molar-refractivity contribution in [3.63, 3.8) is 0 Å². The first-order valence-electron chi connectivity index (χ1n) is 6.65. The Kier molecular flexibility index (Phi) is 5.75. The molecule has 0 saturated heterocycles. The van der Waals surface area contributed by atoms with Crippen LogP contribution in [0.15, 0.2) is 4.52 Å². The zero-order valence-corrected chi connectivity index (χ0v) is 12.0. The second-order valence-corrected chi connectivity index (χ2v) is 5.28. The molecule has 0 saturated carbocycles. The van der Waals surface area contributed by atoms with Gasteiger partial charge in [0.15, 0.2) is 0 Å². The second kappa shape index (κ2) is 6.85. The molecule has 18 heavy (non-hydrogen) atoms. The molecule has 5 nitrogen and oxygen atoms in total. The molecule has 2 unspecified atom stereocenters. The third-order valence-corrected chi connectivity index (χ3v) is 2.96. The van der Waals surface area contributed by atoms with E-state index in [-0.39, 0.29) is 12.1 Å². The van der Waals surface area contributed by atoms with Crippen LogP contribution in [0.1, 0.15) is 52.4 Å². The molecule has 1 heterocycles. The zero-order chi connectivity index (χ0) is 13.7. The summed E-state index contributed by atoms with van der Waals surface area (Å²) in [6.07, 6.45) is 0.504. The lowest BCUT2D eigenvalue weighted by molar-refractivity contribution is 0.0217. The summed E-state index contributed by atoms with van der Waals surface area (Å²) in [6, 6.07) is 0.0443. The Labute approximate surface area is 109 Å². The van der Waals surface area contributed by atoms with Crippen LogP contribution in [0.4, 0.5) is 0 Å². The quantitative estimate of drug-likeness (QED) is 0.809. The molecule has 0 radical (unpaired) electrons. The Morgan fingerprint density at radius 2 is 1.89 bits per heavy atom. The van der Waals surface area contributed by atoms with E-state index in [4.69, 9.17) is 15.0 Å².